The zero-order chi connectivity index (χ0) is 12.3. The summed E-state index contributed by atoms with van der Waals surface area (Å²) < 4.78 is 5.36. The highest BCUT2D eigenvalue weighted by Gasteiger charge is 2.30. The van der Waals surface area contributed by atoms with Crippen molar-refractivity contribution in [3.63, 3.8) is 0 Å². The van der Waals surface area contributed by atoms with E-state index in [-0.39, 0.29) is 0 Å². The Morgan fingerprint density at radius 3 is 2.65 bits per heavy atom. The van der Waals surface area contributed by atoms with Gasteiger partial charge in [0.1, 0.15) is 0 Å². The zero-order valence-electron chi connectivity index (χ0n) is 11.6. The summed E-state index contributed by atoms with van der Waals surface area (Å²) in [5.41, 5.74) is 0. The van der Waals surface area contributed by atoms with E-state index >= 15 is 0 Å². The summed E-state index contributed by atoms with van der Waals surface area (Å²) in [5.74, 6) is 1.54. The Morgan fingerprint density at radius 1 is 1.29 bits per heavy atom. The van der Waals surface area contributed by atoms with Gasteiger partial charge in [-0.25, -0.2) is 0 Å². The monoisotopic (exact) mass is 240 g/mol. The maximum atomic E-state index is 5.36. The summed E-state index contributed by atoms with van der Waals surface area (Å²) >= 11 is 0. The molecule has 100 valence electrons. The minimum Gasteiger partial charge on any atom is -0.383 e. The third kappa shape index (κ3) is 3.94. The number of nitrogens with one attached hydrogen (secondary N) is 1. The van der Waals surface area contributed by atoms with Crippen molar-refractivity contribution in [2.45, 2.75) is 45.2 Å². The zero-order valence-corrected chi connectivity index (χ0v) is 11.6. The normalized spacial score (nSPS) is 27.9. The van der Waals surface area contributed by atoms with Crippen LogP contribution in [-0.4, -0.2) is 50.3 Å². The fourth-order valence-corrected chi connectivity index (χ4v) is 2.84. The van der Waals surface area contributed by atoms with E-state index < -0.39 is 0 Å². The van der Waals surface area contributed by atoms with Gasteiger partial charge in [0.25, 0.3) is 0 Å². The van der Waals surface area contributed by atoms with Crippen LogP contribution in [-0.2, 0) is 4.74 Å². The van der Waals surface area contributed by atoms with Crippen LogP contribution in [0.5, 0.6) is 0 Å². The van der Waals surface area contributed by atoms with E-state index in [1.807, 2.05) is 7.11 Å². The minimum absolute atomic E-state index is 0.603. The molecular weight excluding hydrogens is 212 g/mol. The molecule has 1 saturated heterocycles. The maximum Gasteiger partial charge on any atom is 0.0620 e. The lowest BCUT2D eigenvalue weighted by atomic mass is 10.0. The molecule has 2 fully saturated rings. The predicted molar refractivity (Wildman–Crippen MR) is 71.2 cm³/mol. The average molecular weight is 240 g/mol. The van der Waals surface area contributed by atoms with Crippen LogP contribution in [0.2, 0.25) is 0 Å². The largest absolute Gasteiger partial charge is 0.383 e. The number of likely N-dealkylation sites (tertiary alicyclic amines) is 1. The fraction of sp³-hybridized carbons (Fsp3) is 1.00. The van der Waals surface area contributed by atoms with Gasteiger partial charge in [0.2, 0.25) is 0 Å². The molecule has 1 aliphatic heterocycles. The van der Waals surface area contributed by atoms with E-state index in [9.17, 15) is 0 Å². The first kappa shape index (κ1) is 13.3. The Morgan fingerprint density at radius 2 is 2.06 bits per heavy atom. The SMILES string of the molecule is COCC(C(C)C)N1CCC(CNC2CC2)C1. The molecule has 3 heteroatoms. The first-order valence-corrected chi connectivity index (χ1v) is 7.17. The molecule has 0 aromatic rings. The van der Waals surface area contributed by atoms with Crippen molar-refractivity contribution in [1.29, 1.82) is 0 Å². The number of ether oxygens (including phenoxy) is 1. The smallest absolute Gasteiger partial charge is 0.0620 e. The van der Waals surface area contributed by atoms with E-state index in [4.69, 9.17) is 4.74 Å². The lowest BCUT2D eigenvalue weighted by Crippen LogP contribution is -2.41. The molecule has 1 heterocycles. The molecule has 2 rings (SSSR count). The number of nitrogens with zero attached hydrogens (tertiary/aromatic N) is 1. The van der Waals surface area contributed by atoms with Crippen molar-refractivity contribution in [2.75, 3.05) is 33.4 Å². The molecule has 0 aromatic heterocycles. The third-order valence-corrected chi connectivity index (χ3v) is 4.17. The van der Waals surface area contributed by atoms with E-state index in [0.717, 1.165) is 18.6 Å². The maximum absolute atomic E-state index is 5.36. The Balaban J connectivity index is 1.73. The Kier molecular flexibility index (Phi) is 4.83. The standard InChI is InChI=1S/C14H28N2O/c1-11(2)14(10-17-3)16-7-6-12(9-16)8-15-13-4-5-13/h11-15H,4-10H2,1-3H3. The molecule has 0 radical (unpaired) electrons. The van der Waals surface area contributed by atoms with Crippen LogP contribution in [0.15, 0.2) is 0 Å². The van der Waals surface area contributed by atoms with Gasteiger partial charge in [-0.2, -0.15) is 0 Å². The molecule has 2 unspecified atom stereocenters. The Hall–Kier alpha value is -0.120. The van der Waals surface area contributed by atoms with Gasteiger partial charge in [-0.15, -0.1) is 0 Å². The molecular formula is C14H28N2O. The first-order valence-electron chi connectivity index (χ1n) is 7.17. The molecule has 0 bridgehead atoms. The summed E-state index contributed by atoms with van der Waals surface area (Å²) in [6, 6.07) is 1.45. The van der Waals surface area contributed by atoms with Crippen molar-refractivity contribution >= 4 is 0 Å². The van der Waals surface area contributed by atoms with Crippen molar-refractivity contribution in [2.24, 2.45) is 11.8 Å². The van der Waals surface area contributed by atoms with Crippen LogP contribution < -0.4 is 5.32 Å². The highest BCUT2D eigenvalue weighted by molar-refractivity contribution is 4.87. The number of hydrogen-bond acceptors (Lipinski definition) is 3. The van der Waals surface area contributed by atoms with E-state index in [1.165, 1.54) is 38.9 Å². The van der Waals surface area contributed by atoms with Crippen molar-refractivity contribution in [1.82, 2.24) is 10.2 Å². The van der Waals surface area contributed by atoms with Crippen LogP contribution in [0, 0.1) is 11.8 Å². The quantitative estimate of drug-likeness (QED) is 0.733. The van der Waals surface area contributed by atoms with Gasteiger partial charge in [-0.1, -0.05) is 13.8 Å². The van der Waals surface area contributed by atoms with Crippen LogP contribution in [0.4, 0.5) is 0 Å². The van der Waals surface area contributed by atoms with Crippen LogP contribution in [0.3, 0.4) is 0 Å². The summed E-state index contributed by atoms with van der Waals surface area (Å²) in [5, 5.41) is 3.66. The summed E-state index contributed by atoms with van der Waals surface area (Å²) in [7, 11) is 1.82. The van der Waals surface area contributed by atoms with Crippen molar-refractivity contribution < 1.29 is 4.74 Å². The van der Waals surface area contributed by atoms with E-state index in [0.29, 0.717) is 12.0 Å². The van der Waals surface area contributed by atoms with Gasteiger partial charge < -0.3 is 10.1 Å². The third-order valence-electron chi connectivity index (χ3n) is 4.17. The number of methoxy groups -OCH3 is 1. The van der Waals surface area contributed by atoms with Gasteiger partial charge in [0, 0.05) is 25.7 Å². The van der Waals surface area contributed by atoms with E-state index in [1.54, 1.807) is 0 Å². The van der Waals surface area contributed by atoms with Crippen LogP contribution in [0.25, 0.3) is 0 Å². The first-order chi connectivity index (χ1) is 8.20. The van der Waals surface area contributed by atoms with Crippen LogP contribution >= 0.6 is 0 Å². The number of rotatable bonds is 7. The van der Waals surface area contributed by atoms with Gasteiger partial charge in [0.15, 0.2) is 0 Å². The molecule has 1 aliphatic carbocycles. The van der Waals surface area contributed by atoms with Gasteiger partial charge >= 0.3 is 0 Å². The molecule has 0 aromatic carbocycles. The predicted octanol–water partition coefficient (Wildman–Crippen LogP) is 1.73. The van der Waals surface area contributed by atoms with Gasteiger partial charge in [-0.05, 0) is 44.2 Å². The average Bonchev–Trinajstić information content (AvgIpc) is 3.01. The van der Waals surface area contributed by atoms with Gasteiger partial charge in [0.05, 0.1) is 6.61 Å². The molecule has 17 heavy (non-hydrogen) atoms. The minimum atomic E-state index is 0.603. The molecule has 2 aliphatic rings. The summed E-state index contributed by atoms with van der Waals surface area (Å²) in [4.78, 5) is 2.63. The molecule has 0 spiro atoms. The molecule has 3 nitrogen and oxygen atoms in total. The van der Waals surface area contributed by atoms with E-state index in [2.05, 4.69) is 24.1 Å². The second-order valence-electron chi connectivity index (χ2n) is 6.10. The second-order valence-corrected chi connectivity index (χ2v) is 6.10. The Bertz CT molecular complexity index is 228. The molecule has 0 amide bonds. The lowest BCUT2D eigenvalue weighted by Gasteiger charge is -2.30. The highest BCUT2D eigenvalue weighted by atomic mass is 16.5. The van der Waals surface area contributed by atoms with Crippen LogP contribution in [0.1, 0.15) is 33.1 Å². The molecule has 1 saturated carbocycles. The Labute approximate surface area is 106 Å². The molecule has 2 atom stereocenters. The van der Waals surface area contributed by atoms with Crippen molar-refractivity contribution in [3.05, 3.63) is 0 Å². The topological polar surface area (TPSA) is 24.5 Å². The fourth-order valence-electron chi connectivity index (χ4n) is 2.84. The second kappa shape index (κ2) is 6.17. The van der Waals surface area contributed by atoms with Gasteiger partial charge in [-0.3, -0.25) is 4.90 Å². The highest BCUT2D eigenvalue weighted by Crippen LogP contribution is 2.24. The summed E-state index contributed by atoms with van der Waals surface area (Å²) in [6.45, 7) is 9.22. The molecule has 1 N–H and O–H groups in total. The van der Waals surface area contributed by atoms with Crippen molar-refractivity contribution in [3.8, 4) is 0 Å². The summed E-state index contributed by atoms with van der Waals surface area (Å²) in [6.07, 6.45) is 4.15. The lowest BCUT2D eigenvalue weighted by molar-refractivity contribution is 0.0769. The number of hydrogen-bond donors (Lipinski definition) is 1.